The van der Waals surface area contributed by atoms with Crippen molar-refractivity contribution in [2.75, 3.05) is 32.8 Å². The quantitative estimate of drug-likeness (QED) is 0.865. The van der Waals surface area contributed by atoms with E-state index in [1.54, 1.807) is 0 Å². The molecule has 0 aromatic heterocycles. The normalized spacial score (nSPS) is 37.1. The Balaban J connectivity index is 1.66. The van der Waals surface area contributed by atoms with Gasteiger partial charge in [0.25, 0.3) is 0 Å². The first-order chi connectivity index (χ1) is 10.3. The van der Waals surface area contributed by atoms with Crippen LogP contribution >= 0.6 is 0 Å². The second kappa shape index (κ2) is 6.95. The molecule has 0 aromatic carbocycles. The molecule has 3 atom stereocenters. The largest absolute Gasteiger partial charge is 0.346 e. The van der Waals surface area contributed by atoms with Crippen molar-refractivity contribution in [3.05, 3.63) is 0 Å². The molecule has 0 bridgehead atoms. The van der Waals surface area contributed by atoms with Crippen molar-refractivity contribution in [1.29, 1.82) is 0 Å². The molecule has 1 saturated carbocycles. The average Bonchev–Trinajstić information content (AvgIpc) is 2.95. The minimum absolute atomic E-state index is 0.297. The van der Waals surface area contributed by atoms with Gasteiger partial charge in [0.1, 0.15) is 0 Å². The van der Waals surface area contributed by atoms with Gasteiger partial charge in [-0.3, -0.25) is 4.90 Å². The molecule has 1 aliphatic carbocycles. The molecule has 0 aromatic rings. The van der Waals surface area contributed by atoms with Gasteiger partial charge in [-0.1, -0.05) is 26.2 Å². The first-order valence-electron chi connectivity index (χ1n) is 8.98. The van der Waals surface area contributed by atoms with Crippen molar-refractivity contribution < 1.29 is 9.47 Å². The van der Waals surface area contributed by atoms with Gasteiger partial charge in [0, 0.05) is 12.5 Å². The molecule has 3 aliphatic rings. The van der Waals surface area contributed by atoms with Gasteiger partial charge in [0.05, 0.1) is 19.8 Å². The number of nitrogens with two attached hydrogens (primary N) is 1. The molecule has 0 radical (unpaired) electrons. The second-order valence-corrected chi connectivity index (χ2v) is 7.21. The van der Waals surface area contributed by atoms with Gasteiger partial charge in [-0.25, -0.2) is 0 Å². The third-order valence-corrected chi connectivity index (χ3v) is 5.79. The number of nitrogens with zero attached hydrogens (tertiary/aromatic N) is 1. The maximum Gasteiger partial charge on any atom is 0.181 e. The lowest BCUT2D eigenvalue weighted by Gasteiger charge is -2.47. The Hall–Kier alpha value is -0.160. The number of piperidine rings is 1. The average molecular weight is 296 g/mol. The van der Waals surface area contributed by atoms with Crippen molar-refractivity contribution >= 4 is 0 Å². The molecule has 2 N–H and O–H groups in total. The van der Waals surface area contributed by atoms with Crippen LogP contribution in [-0.2, 0) is 9.47 Å². The molecule has 21 heavy (non-hydrogen) atoms. The highest BCUT2D eigenvalue weighted by molar-refractivity contribution is 4.93. The Kier molecular flexibility index (Phi) is 5.20. The zero-order valence-electron chi connectivity index (χ0n) is 13.6. The van der Waals surface area contributed by atoms with E-state index in [0.717, 1.165) is 38.6 Å². The molecular weight excluding hydrogens is 264 g/mol. The van der Waals surface area contributed by atoms with Crippen LogP contribution in [-0.4, -0.2) is 49.6 Å². The molecule has 2 heterocycles. The van der Waals surface area contributed by atoms with Gasteiger partial charge in [0.15, 0.2) is 5.79 Å². The monoisotopic (exact) mass is 296 g/mol. The van der Waals surface area contributed by atoms with E-state index in [4.69, 9.17) is 15.2 Å². The van der Waals surface area contributed by atoms with Crippen molar-refractivity contribution in [3.8, 4) is 0 Å². The summed E-state index contributed by atoms with van der Waals surface area (Å²) in [6, 6.07) is 0.644. The first-order valence-corrected chi connectivity index (χ1v) is 8.98. The highest BCUT2D eigenvalue weighted by atomic mass is 16.7. The lowest BCUT2D eigenvalue weighted by atomic mass is 9.75. The second-order valence-electron chi connectivity index (χ2n) is 7.21. The van der Waals surface area contributed by atoms with Crippen molar-refractivity contribution in [1.82, 2.24) is 4.90 Å². The van der Waals surface area contributed by atoms with Crippen LogP contribution in [0.25, 0.3) is 0 Å². The van der Waals surface area contributed by atoms with E-state index in [2.05, 4.69) is 11.8 Å². The van der Waals surface area contributed by atoms with Crippen molar-refractivity contribution in [3.63, 3.8) is 0 Å². The van der Waals surface area contributed by atoms with Gasteiger partial charge < -0.3 is 15.2 Å². The zero-order valence-corrected chi connectivity index (χ0v) is 13.6. The summed E-state index contributed by atoms with van der Waals surface area (Å²) >= 11 is 0. The van der Waals surface area contributed by atoms with Crippen LogP contribution in [0.3, 0.4) is 0 Å². The SMILES string of the molecule is CCCC1CCC(CN)C(N2CCCC3(C2)OCCO3)C1. The van der Waals surface area contributed by atoms with E-state index in [1.165, 1.54) is 45.1 Å². The Morgan fingerprint density at radius 1 is 1.24 bits per heavy atom. The fourth-order valence-electron chi connectivity index (χ4n) is 4.72. The molecule has 4 heteroatoms. The fourth-order valence-corrected chi connectivity index (χ4v) is 4.72. The Bertz CT molecular complexity index is 331. The molecule has 4 nitrogen and oxygen atoms in total. The molecule has 2 aliphatic heterocycles. The molecule has 0 amide bonds. The van der Waals surface area contributed by atoms with Gasteiger partial charge in [-0.15, -0.1) is 0 Å². The van der Waals surface area contributed by atoms with Gasteiger partial charge in [-0.2, -0.15) is 0 Å². The number of ether oxygens (including phenoxy) is 2. The predicted molar refractivity (Wildman–Crippen MR) is 84.0 cm³/mol. The summed E-state index contributed by atoms with van der Waals surface area (Å²) in [5, 5.41) is 0. The van der Waals surface area contributed by atoms with Crippen LogP contribution < -0.4 is 5.73 Å². The summed E-state index contributed by atoms with van der Waals surface area (Å²) in [4.78, 5) is 2.65. The Morgan fingerprint density at radius 2 is 2.05 bits per heavy atom. The lowest BCUT2D eigenvalue weighted by Crippen LogP contribution is -2.56. The fraction of sp³-hybridized carbons (Fsp3) is 1.00. The van der Waals surface area contributed by atoms with E-state index in [9.17, 15) is 0 Å². The number of likely N-dealkylation sites (tertiary alicyclic amines) is 1. The smallest absolute Gasteiger partial charge is 0.181 e. The maximum absolute atomic E-state index is 6.08. The van der Waals surface area contributed by atoms with Crippen LogP contribution in [0.5, 0.6) is 0 Å². The molecular formula is C17H32N2O2. The molecule has 122 valence electrons. The van der Waals surface area contributed by atoms with Crippen molar-refractivity contribution in [2.45, 2.75) is 63.7 Å². The predicted octanol–water partition coefficient (Wildman–Crippen LogP) is 2.37. The van der Waals surface area contributed by atoms with E-state index in [-0.39, 0.29) is 5.79 Å². The third-order valence-electron chi connectivity index (χ3n) is 5.79. The minimum Gasteiger partial charge on any atom is -0.346 e. The molecule has 2 saturated heterocycles. The number of rotatable bonds is 4. The number of hydrogen-bond donors (Lipinski definition) is 1. The Labute approximate surface area is 129 Å². The van der Waals surface area contributed by atoms with Crippen LogP contribution in [0.4, 0.5) is 0 Å². The standard InChI is InChI=1S/C17H32N2O2/c1-2-4-14-5-6-15(12-18)16(11-14)19-8-3-7-17(13-19)20-9-10-21-17/h14-16H,2-13,18H2,1H3. The number of hydrogen-bond acceptors (Lipinski definition) is 4. The highest BCUT2D eigenvalue weighted by Crippen LogP contribution is 2.38. The minimum atomic E-state index is -0.297. The molecule has 1 spiro atoms. The van der Waals surface area contributed by atoms with Crippen LogP contribution in [0.1, 0.15) is 51.9 Å². The summed E-state index contributed by atoms with van der Waals surface area (Å²) in [6.07, 6.45) is 8.93. The van der Waals surface area contributed by atoms with Crippen LogP contribution in [0.15, 0.2) is 0 Å². The molecule has 3 fully saturated rings. The summed E-state index contributed by atoms with van der Waals surface area (Å²) < 4.78 is 11.9. The van der Waals surface area contributed by atoms with Gasteiger partial charge in [-0.05, 0) is 44.2 Å². The van der Waals surface area contributed by atoms with Crippen LogP contribution in [0, 0.1) is 11.8 Å². The highest BCUT2D eigenvalue weighted by Gasteiger charge is 2.44. The topological polar surface area (TPSA) is 47.7 Å². The van der Waals surface area contributed by atoms with E-state index in [0.29, 0.717) is 12.0 Å². The first kappa shape index (κ1) is 15.7. The Morgan fingerprint density at radius 3 is 2.76 bits per heavy atom. The summed E-state index contributed by atoms with van der Waals surface area (Å²) in [5.41, 5.74) is 6.08. The van der Waals surface area contributed by atoms with Crippen molar-refractivity contribution in [2.24, 2.45) is 17.6 Å². The van der Waals surface area contributed by atoms with Gasteiger partial charge >= 0.3 is 0 Å². The third kappa shape index (κ3) is 3.44. The van der Waals surface area contributed by atoms with Crippen LogP contribution in [0.2, 0.25) is 0 Å². The van der Waals surface area contributed by atoms with E-state index < -0.39 is 0 Å². The summed E-state index contributed by atoms with van der Waals surface area (Å²) in [5.74, 6) is 1.26. The van der Waals surface area contributed by atoms with Gasteiger partial charge in [0.2, 0.25) is 0 Å². The molecule has 3 unspecified atom stereocenters. The zero-order chi connectivity index (χ0) is 14.7. The van der Waals surface area contributed by atoms with E-state index in [1.807, 2.05) is 0 Å². The summed E-state index contributed by atoms with van der Waals surface area (Å²) in [7, 11) is 0. The maximum atomic E-state index is 6.08. The molecule has 3 rings (SSSR count). The van der Waals surface area contributed by atoms with E-state index >= 15 is 0 Å². The lowest BCUT2D eigenvalue weighted by molar-refractivity contribution is -0.197. The summed E-state index contributed by atoms with van der Waals surface area (Å²) in [6.45, 7) is 6.80.